The number of amides is 1. The summed E-state index contributed by atoms with van der Waals surface area (Å²) in [6, 6.07) is 0.350. The van der Waals surface area contributed by atoms with Gasteiger partial charge in [0.25, 0.3) is 5.91 Å². The van der Waals surface area contributed by atoms with E-state index in [1.165, 1.54) is 11.3 Å². The van der Waals surface area contributed by atoms with Gasteiger partial charge in [-0.25, -0.2) is 0 Å². The maximum atomic E-state index is 11.8. The van der Waals surface area contributed by atoms with Crippen LogP contribution < -0.4 is 0 Å². The molecule has 2 nitrogen and oxygen atoms in total. The van der Waals surface area contributed by atoms with Crippen LogP contribution in [0.4, 0.5) is 0 Å². The molecule has 0 aromatic carbocycles. The molecule has 0 aliphatic carbocycles. The minimum Gasteiger partial charge on any atom is -0.332 e. The van der Waals surface area contributed by atoms with Crippen molar-refractivity contribution in [3.63, 3.8) is 0 Å². The molecule has 0 bridgehead atoms. The van der Waals surface area contributed by atoms with Gasteiger partial charge in [0.2, 0.25) is 0 Å². The van der Waals surface area contributed by atoms with E-state index >= 15 is 0 Å². The maximum absolute atomic E-state index is 11.8. The van der Waals surface area contributed by atoms with Gasteiger partial charge >= 0.3 is 0 Å². The van der Waals surface area contributed by atoms with Crippen molar-refractivity contribution in [2.45, 2.75) is 26.3 Å². The van der Waals surface area contributed by atoms with E-state index in [-0.39, 0.29) is 5.91 Å². The van der Waals surface area contributed by atoms with Crippen molar-refractivity contribution < 1.29 is 4.79 Å². The molecule has 0 unspecified atom stereocenters. The fourth-order valence-corrected chi connectivity index (χ4v) is 2.94. The molecule has 0 N–H and O–H groups in total. The second-order valence-electron chi connectivity index (χ2n) is 3.91. The highest BCUT2D eigenvalue weighted by Gasteiger charge is 2.32. The highest BCUT2D eigenvalue weighted by Crippen LogP contribution is 2.31. The summed E-state index contributed by atoms with van der Waals surface area (Å²) in [5, 5.41) is 0. The van der Waals surface area contributed by atoms with Crippen molar-refractivity contribution in [1.82, 2.24) is 4.90 Å². The van der Waals surface area contributed by atoms with Crippen LogP contribution in [0.15, 0.2) is 11.1 Å². The van der Waals surface area contributed by atoms with Crippen LogP contribution in [-0.4, -0.2) is 34.9 Å². The Bertz CT molecular complexity index is 270. The summed E-state index contributed by atoms with van der Waals surface area (Å²) in [7, 11) is 0. The Hall–Kier alpha value is -0.440. The zero-order valence-electron chi connectivity index (χ0n) is 8.17. The lowest BCUT2D eigenvalue weighted by atomic mass is 10.1. The molecule has 0 saturated heterocycles. The van der Waals surface area contributed by atoms with Crippen molar-refractivity contribution in [2.24, 2.45) is 0 Å². The lowest BCUT2D eigenvalue weighted by Gasteiger charge is -2.21. The van der Waals surface area contributed by atoms with E-state index in [9.17, 15) is 4.79 Å². The van der Waals surface area contributed by atoms with Gasteiger partial charge in [-0.3, -0.25) is 4.79 Å². The summed E-state index contributed by atoms with van der Waals surface area (Å²) in [4.78, 5) is 13.8. The lowest BCUT2D eigenvalue weighted by molar-refractivity contribution is -0.126. The molecule has 0 fully saturated rings. The molecule has 2 aliphatic rings. The van der Waals surface area contributed by atoms with Gasteiger partial charge in [0, 0.05) is 23.9 Å². The molecule has 2 heterocycles. The standard InChI is InChI=1S/C10H15NOS/c1-7(2)11-5-8-3-4-13-6-9(8)10(11)12/h7H,3-6H2,1-2H3. The summed E-state index contributed by atoms with van der Waals surface area (Å²) >= 11 is 1.88. The Balaban J connectivity index is 2.19. The summed E-state index contributed by atoms with van der Waals surface area (Å²) in [6.07, 6.45) is 1.12. The average molecular weight is 197 g/mol. The van der Waals surface area contributed by atoms with Gasteiger partial charge in [-0.1, -0.05) is 0 Å². The van der Waals surface area contributed by atoms with Crippen LogP contribution in [-0.2, 0) is 4.79 Å². The van der Waals surface area contributed by atoms with E-state index in [1.54, 1.807) is 0 Å². The first-order chi connectivity index (χ1) is 6.20. The number of thioether (sulfide) groups is 1. The molecule has 0 aromatic heterocycles. The zero-order chi connectivity index (χ0) is 9.42. The first kappa shape index (κ1) is 9.13. The van der Waals surface area contributed by atoms with Crippen LogP contribution in [0.25, 0.3) is 0 Å². The van der Waals surface area contributed by atoms with Crippen molar-refractivity contribution in [3.8, 4) is 0 Å². The van der Waals surface area contributed by atoms with Crippen molar-refractivity contribution in [3.05, 3.63) is 11.1 Å². The maximum Gasteiger partial charge on any atom is 0.251 e. The molecule has 0 atom stereocenters. The molecule has 0 spiro atoms. The Morgan fingerprint density at radius 2 is 2.23 bits per heavy atom. The normalized spacial score (nSPS) is 23.0. The topological polar surface area (TPSA) is 20.3 Å². The highest BCUT2D eigenvalue weighted by atomic mass is 32.2. The predicted octanol–water partition coefficient (Wildman–Crippen LogP) is 1.67. The third kappa shape index (κ3) is 1.50. The summed E-state index contributed by atoms with van der Waals surface area (Å²) < 4.78 is 0. The molecule has 72 valence electrons. The molecule has 2 aliphatic heterocycles. The Morgan fingerprint density at radius 1 is 1.46 bits per heavy atom. The molecule has 3 heteroatoms. The van der Waals surface area contributed by atoms with Gasteiger partial charge in [0.15, 0.2) is 0 Å². The van der Waals surface area contributed by atoms with Crippen LogP contribution in [0.1, 0.15) is 20.3 Å². The van der Waals surface area contributed by atoms with Crippen LogP contribution in [0.2, 0.25) is 0 Å². The van der Waals surface area contributed by atoms with E-state index in [0.717, 1.165) is 24.3 Å². The van der Waals surface area contributed by atoms with Crippen LogP contribution in [0.3, 0.4) is 0 Å². The first-order valence-corrected chi connectivity index (χ1v) is 5.95. The fourth-order valence-electron chi connectivity index (χ4n) is 1.88. The molecule has 0 saturated carbocycles. The fraction of sp³-hybridized carbons (Fsp3) is 0.700. The quantitative estimate of drug-likeness (QED) is 0.637. The molecule has 13 heavy (non-hydrogen) atoms. The minimum atomic E-state index is 0.289. The Labute approximate surface area is 83.4 Å². The average Bonchev–Trinajstić information content (AvgIpc) is 2.45. The largest absolute Gasteiger partial charge is 0.332 e. The number of carbonyl (C=O) groups is 1. The number of carbonyl (C=O) groups excluding carboxylic acids is 1. The van der Waals surface area contributed by atoms with Crippen LogP contribution in [0, 0.1) is 0 Å². The van der Waals surface area contributed by atoms with E-state index in [4.69, 9.17) is 0 Å². The molecular weight excluding hydrogens is 182 g/mol. The second-order valence-corrected chi connectivity index (χ2v) is 5.02. The molecule has 0 radical (unpaired) electrons. The number of rotatable bonds is 1. The van der Waals surface area contributed by atoms with Gasteiger partial charge in [-0.05, 0) is 31.6 Å². The van der Waals surface area contributed by atoms with Crippen molar-refractivity contribution in [2.75, 3.05) is 18.1 Å². The van der Waals surface area contributed by atoms with Gasteiger partial charge < -0.3 is 4.90 Å². The number of hydrogen-bond acceptors (Lipinski definition) is 2. The van der Waals surface area contributed by atoms with E-state index in [2.05, 4.69) is 13.8 Å². The van der Waals surface area contributed by atoms with Gasteiger partial charge in [0.05, 0.1) is 0 Å². The van der Waals surface area contributed by atoms with Crippen LogP contribution in [0.5, 0.6) is 0 Å². The van der Waals surface area contributed by atoms with Crippen molar-refractivity contribution >= 4 is 17.7 Å². The van der Waals surface area contributed by atoms with E-state index < -0.39 is 0 Å². The van der Waals surface area contributed by atoms with Gasteiger partial charge in [-0.2, -0.15) is 11.8 Å². The third-order valence-corrected chi connectivity index (χ3v) is 3.71. The highest BCUT2D eigenvalue weighted by molar-refractivity contribution is 7.99. The van der Waals surface area contributed by atoms with Gasteiger partial charge in [0.1, 0.15) is 0 Å². The molecule has 2 rings (SSSR count). The summed E-state index contributed by atoms with van der Waals surface area (Å²) in [5.74, 6) is 2.42. The van der Waals surface area contributed by atoms with E-state index in [0.29, 0.717) is 6.04 Å². The predicted molar refractivity (Wildman–Crippen MR) is 55.8 cm³/mol. The van der Waals surface area contributed by atoms with E-state index in [1.807, 2.05) is 16.7 Å². The SMILES string of the molecule is CC(C)N1CC2=C(CSCC2)C1=O. The molecular formula is C10H15NOS. The monoisotopic (exact) mass is 197 g/mol. The number of nitrogens with zero attached hydrogens (tertiary/aromatic N) is 1. The summed E-state index contributed by atoms with van der Waals surface area (Å²) in [6.45, 7) is 5.07. The molecule has 0 aromatic rings. The smallest absolute Gasteiger partial charge is 0.251 e. The lowest BCUT2D eigenvalue weighted by Crippen LogP contribution is -2.33. The number of hydrogen-bond donors (Lipinski definition) is 0. The summed E-state index contributed by atoms with van der Waals surface area (Å²) in [5.41, 5.74) is 2.50. The van der Waals surface area contributed by atoms with Gasteiger partial charge in [-0.15, -0.1) is 0 Å². The van der Waals surface area contributed by atoms with Crippen molar-refractivity contribution in [1.29, 1.82) is 0 Å². The third-order valence-electron chi connectivity index (χ3n) is 2.72. The minimum absolute atomic E-state index is 0.289. The second kappa shape index (κ2) is 3.37. The zero-order valence-corrected chi connectivity index (χ0v) is 8.99. The van der Waals surface area contributed by atoms with Crippen LogP contribution >= 0.6 is 11.8 Å². The first-order valence-electron chi connectivity index (χ1n) is 4.79. The molecule has 1 amide bonds. The Kier molecular flexibility index (Phi) is 2.37. The Morgan fingerprint density at radius 3 is 2.85 bits per heavy atom.